The zero-order valence-electron chi connectivity index (χ0n) is 15.8. The predicted octanol–water partition coefficient (Wildman–Crippen LogP) is 5.23. The number of carbonyl (C=O) groups is 1. The number of thiophene rings is 2. The summed E-state index contributed by atoms with van der Waals surface area (Å²) >= 11 is 8.19. The van der Waals surface area contributed by atoms with E-state index >= 15 is 0 Å². The summed E-state index contributed by atoms with van der Waals surface area (Å²) in [5.74, 6) is -0.287. The Morgan fingerprint density at radius 2 is 1.97 bits per heavy atom. The third kappa shape index (κ3) is 4.79. The lowest BCUT2D eigenvalue weighted by Gasteiger charge is -2.13. The van der Waals surface area contributed by atoms with Crippen molar-refractivity contribution in [3.8, 4) is 10.8 Å². The van der Waals surface area contributed by atoms with E-state index in [1.165, 1.54) is 35.6 Å². The van der Waals surface area contributed by atoms with Gasteiger partial charge in [-0.15, -0.1) is 32.9 Å². The Balaban J connectivity index is 1.52. The summed E-state index contributed by atoms with van der Waals surface area (Å²) in [6, 6.07) is 12.7. The van der Waals surface area contributed by atoms with Gasteiger partial charge in [0.05, 0.1) is 20.5 Å². The van der Waals surface area contributed by atoms with Crippen molar-refractivity contribution in [2.75, 3.05) is 4.72 Å². The molecule has 0 bridgehead atoms. The molecule has 1 N–H and O–H groups in total. The molecule has 1 atom stereocenters. The molecule has 0 aliphatic rings. The SMILES string of the molecule is CC(OC(=O)c1ccccc1NS(=O)(=O)c1ccc(Cl)s1)c1nnc(-c2cccs2)o1. The quantitative estimate of drug-likeness (QED) is 0.349. The van der Waals surface area contributed by atoms with Crippen molar-refractivity contribution in [1.82, 2.24) is 10.2 Å². The normalized spacial score (nSPS) is 12.5. The van der Waals surface area contributed by atoms with E-state index in [4.69, 9.17) is 20.8 Å². The number of sulfonamides is 1. The van der Waals surface area contributed by atoms with E-state index in [2.05, 4.69) is 14.9 Å². The first-order chi connectivity index (χ1) is 14.8. The molecule has 0 aliphatic carbocycles. The second-order valence-electron chi connectivity index (χ2n) is 6.18. The molecule has 8 nitrogen and oxygen atoms in total. The van der Waals surface area contributed by atoms with Crippen molar-refractivity contribution in [2.45, 2.75) is 17.2 Å². The van der Waals surface area contributed by atoms with Gasteiger partial charge in [0.2, 0.25) is 0 Å². The van der Waals surface area contributed by atoms with Gasteiger partial charge in [-0.3, -0.25) is 4.72 Å². The van der Waals surface area contributed by atoms with Gasteiger partial charge in [0, 0.05) is 0 Å². The van der Waals surface area contributed by atoms with Gasteiger partial charge in [-0.2, -0.15) is 0 Å². The zero-order valence-corrected chi connectivity index (χ0v) is 19.0. The molecule has 0 saturated heterocycles. The number of benzene rings is 1. The van der Waals surface area contributed by atoms with Crippen LogP contribution in [0.1, 0.15) is 29.3 Å². The Bertz CT molecular complexity index is 1320. The fourth-order valence-corrected chi connectivity index (χ4v) is 5.77. The molecule has 3 heterocycles. The highest BCUT2D eigenvalue weighted by molar-refractivity contribution is 7.94. The lowest BCUT2D eigenvalue weighted by atomic mass is 10.2. The largest absolute Gasteiger partial charge is 0.449 e. The minimum absolute atomic E-state index is 0.0287. The van der Waals surface area contributed by atoms with Crippen LogP contribution in [0, 0.1) is 0 Å². The minimum Gasteiger partial charge on any atom is -0.449 e. The lowest BCUT2D eigenvalue weighted by molar-refractivity contribution is 0.0281. The highest BCUT2D eigenvalue weighted by Crippen LogP contribution is 2.30. The van der Waals surface area contributed by atoms with Crippen LogP contribution in [0.25, 0.3) is 10.8 Å². The van der Waals surface area contributed by atoms with Crippen LogP contribution in [0.2, 0.25) is 4.34 Å². The average molecular weight is 496 g/mol. The summed E-state index contributed by atoms with van der Waals surface area (Å²) in [5, 5.41) is 9.78. The molecule has 160 valence electrons. The van der Waals surface area contributed by atoms with Crippen LogP contribution in [0.5, 0.6) is 0 Å². The zero-order chi connectivity index (χ0) is 22.0. The van der Waals surface area contributed by atoms with E-state index in [1.807, 2.05) is 17.5 Å². The van der Waals surface area contributed by atoms with Gasteiger partial charge in [0.15, 0.2) is 6.10 Å². The average Bonchev–Trinajstić information content (AvgIpc) is 3.49. The van der Waals surface area contributed by atoms with E-state index in [-0.39, 0.29) is 21.4 Å². The standard InChI is InChI=1S/C19H14ClN3O5S3/c1-11(17-21-22-18(28-17)14-7-4-10-29-14)27-19(24)12-5-2-3-6-13(12)23-31(25,26)16-9-8-15(20)30-16/h2-11,23H,1H3. The number of rotatable bonds is 7. The molecule has 0 aliphatic heterocycles. The molecule has 1 unspecified atom stereocenters. The van der Waals surface area contributed by atoms with E-state index in [1.54, 1.807) is 19.1 Å². The second kappa shape index (κ2) is 8.79. The van der Waals surface area contributed by atoms with Crippen molar-refractivity contribution >= 4 is 56.0 Å². The number of esters is 1. The van der Waals surface area contributed by atoms with Crippen LogP contribution in [0.15, 0.2) is 62.5 Å². The first-order valence-corrected chi connectivity index (χ1v) is 12.3. The lowest BCUT2D eigenvalue weighted by Crippen LogP contribution is -2.16. The van der Waals surface area contributed by atoms with E-state index in [0.29, 0.717) is 10.2 Å². The Morgan fingerprint density at radius 3 is 2.68 bits per heavy atom. The van der Waals surface area contributed by atoms with Crippen molar-refractivity contribution in [1.29, 1.82) is 0 Å². The van der Waals surface area contributed by atoms with Crippen molar-refractivity contribution in [3.05, 3.63) is 69.7 Å². The number of para-hydroxylation sites is 1. The van der Waals surface area contributed by atoms with Crippen LogP contribution in [0.3, 0.4) is 0 Å². The first-order valence-electron chi connectivity index (χ1n) is 8.79. The number of carbonyl (C=O) groups excluding carboxylic acids is 1. The molecule has 0 spiro atoms. The molecule has 0 fully saturated rings. The Labute approximate surface area is 190 Å². The number of anilines is 1. The predicted molar refractivity (Wildman–Crippen MR) is 118 cm³/mol. The van der Waals surface area contributed by atoms with E-state index < -0.39 is 22.1 Å². The van der Waals surface area contributed by atoms with Crippen LogP contribution < -0.4 is 4.72 Å². The highest BCUT2D eigenvalue weighted by Gasteiger charge is 2.24. The van der Waals surface area contributed by atoms with Crippen molar-refractivity contribution in [2.24, 2.45) is 0 Å². The molecule has 31 heavy (non-hydrogen) atoms. The Kier molecular flexibility index (Phi) is 6.10. The first kappa shape index (κ1) is 21.5. The van der Waals surface area contributed by atoms with Crippen molar-refractivity contribution < 1.29 is 22.4 Å². The van der Waals surface area contributed by atoms with Crippen LogP contribution in [-0.4, -0.2) is 24.6 Å². The molecule has 0 saturated carbocycles. The Morgan fingerprint density at radius 1 is 1.16 bits per heavy atom. The van der Waals surface area contributed by atoms with Gasteiger partial charge in [-0.1, -0.05) is 29.8 Å². The fraction of sp³-hybridized carbons (Fsp3) is 0.105. The van der Waals surface area contributed by atoms with E-state index in [9.17, 15) is 13.2 Å². The monoisotopic (exact) mass is 495 g/mol. The van der Waals surface area contributed by atoms with Gasteiger partial charge in [-0.05, 0) is 42.6 Å². The number of hydrogen-bond acceptors (Lipinski definition) is 9. The summed E-state index contributed by atoms with van der Waals surface area (Å²) in [5.41, 5.74) is 0.118. The number of nitrogens with one attached hydrogen (secondary N) is 1. The van der Waals surface area contributed by atoms with Gasteiger partial charge < -0.3 is 9.15 Å². The summed E-state index contributed by atoms with van der Waals surface area (Å²) in [6.45, 7) is 1.59. The van der Waals surface area contributed by atoms with E-state index in [0.717, 1.165) is 16.2 Å². The Hall–Kier alpha value is -2.73. The maximum absolute atomic E-state index is 12.7. The topological polar surface area (TPSA) is 111 Å². The third-order valence-corrected chi connectivity index (χ3v) is 7.96. The maximum atomic E-state index is 12.7. The summed E-state index contributed by atoms with van der Waals surface area (Å²) in [7, 11) is -3.91. The molecule has 3 aromatic heterocycles. The molecule has 0 radical (unpaired) electrons. The summed E-state index contributed by atoms with van der Waals surface area (Å²) in [4.78, 5) is 13.5. The van der Waals surface area contributed by atoms with Gasteiger partial charge >= 0.3 is 5.97 Å². The fourth-order valence-electron chi connectivity index (χ4n) is 2.56. The minimum atomic E-state index is -3.91. The van der Waals surface area contributed by atoms with Gasteiger partial charge in [0.25, 0.3) is 21.8 Å². The maximum Gasteiger partial charge on any atom is 0.341 e. The number of nitrogens with zero attached hydrogens (tertiary/aromatic N) is 2. The van der Waals surface area contributed by atoms with Gasteiger partial charge in [0.1, 0.15) is 4.21 Å². The van der Waals surface area contributed by atoms with Crippen LogP contribution in [-0.2, 0) is 14.8 Å². The number of hydrogen-bond donors (Lipinski definition) is 1. The van der Waals surface area contributed by atoms with Gasteiger partial charge in [-0.25, -0.2) is 13.2 Å². The third-order valence-electron chi connectivity index (χ3n) is 4.01. The molecule has 4 rings (SSSR count). The molecular formula is C19H14ClN3O5S3. The molecule has 4 aromatic rings. The van der Waals surface area contributed by atoms with Crippen molar-refractivity contribution in [3.63, 3.8) is 0 Å². The number of halogens is 1. The summed E-state index contributed by atoms with van der Waals surface area (Å²) < 4.78 is 39.0. The number of aromatic nitrogens is 2. The molecule has 12 heteroatoms. The van der Waals surface area contributed by atoms with Crippen LogP contribution >= 0.6 is 34.3 Å². The molecule has 0 amide bonds. The molecule has 1 aromatic carbocycles. The summed E-state index contributed by atoms with van der Waals surface area (Å²) in [6.07, 6.45) is -0.838. The number of ether oxygens (including phenoxy) is 1. The smallest absolute Gasteiger partial charge is 0.341 e. The second-order valence-corrected chi connectivity index (χ2v) is 10.8. The highest BCUT2D eigenvalue weighted by atomic mass is 35.5. The van der Waals surface area contributed by atoms with Crippen LogP contribution in [0.4, 0.5) is 5.69 Å². The molecular weight excluding hydrogens is 482 g/mol.